The summed E-state index contributed by atoms with van der Waals surface area (Å²) in [6.45, 7) is 10.7. The average Bonchev–Trinajstić information content (AvgIpc) is 3.45. The zero-order valence-electron chi connectivity index (χ0n) is 18.0. The number of hydrogen-bond acceptors (Lipinski definition) is 4. The molecule has 0 radical (unpaired) electrons. The molecule has 0 unspecified atom stereocenters. The standard InChI is InChI=1S/C23H32N2O3S/c1-16-6-13-21(17(2)22(16)28-15-19-7-8-19)24-14-18-9-11-20(12-10-18)25-29(26,27)23(3,4)5/h6,9-13,19,24-25H,7-8,14-15H2,1-5H3. The van der Waals surface area contributed by atoms with Gasteiger partial charge in [0.1, 0.15) is 5.75 Å². The molecule has 0 aliphatic heterocycles. The smallest absolute Gasteiger partial charge is 0.237 e. The van der Waals surface area contributed by atoms with E-state index in [1.54, 1.807) is 32.9 Å². The van der Waals surface area contributed by atoms with Crippen molar-refractivity contribution in [1.82, 2.24) is 0 Å². The predicted molar refractivity (Wildman–Crippen MR) is 120 cm³/mol. The van der Waals surface area contributed by atoms with Crippen LogP contribution in [0.2, 0.25) is 0 Å². The van der Waals surface area contributed by atoms with Crippen molar-refractivity contribution in [2.75, 3.05) is 16.6 Å². The Hall–Kier alpha value is -2.21. The van der Waals surface area contributed by atoms with Gasteiger partial charge in [-0.1, -0.05) is 18.2 Å². The Labute approximate surface area is 174 Å². The second-order valence-electron chi connectivity index (χ2n) is 8.91. The number of benzene rings is 2. The van der Waals surface area contributed by atoms with E-state index in [0.29, 0.717) is 12.2 Å². The van der Waals surface area contributed by atoms with Crippen molar-refractivity contribution in [3.8, 4) is 5.75 Å². The minimum atomic E-state index is -3.42. The number of nitrogens with one attached hydrogen (secondary N) is 2. The lowest BCUT2D eigenvalue weighted by molar-refractivity contribution is 0.296. The van der Waals surface area contributed by atoms with Crippen LogP contribution < -0.4 is 14.8 Å². The van der Waals surface area contributed by atoms with Crippen LogP contribution in [0.25, 0.3) is 0 Å². The molecule has 0 spiro atoms. The molecule has 2 aromatic carbocycles. The summed E-state index contributed by atoms with van der Waals surface area (Å²) in [6.07, 6.45) is 2.55. The maximum Gasteiger partial charge on any atom is 0.237 e. The Balaban J connectivity index is 1.63. The molecule has 1 aliphatic carbocycles. The molecule has 0 bridgehead atoms. The fourth-order valence-electron chi connectivity index (χ4n) is 2.92. The number of sulfonamides is 1. The van der Waals surface area contributed by atoms with Crippen LogP contribution in [0.3, 0.4) is 0 Å². The summed E-state index contributed by atoms with van der Waals surface area (Å²) in [5.74, 6) is 1.70. The first-order valence-corrected chi connectivity index (χ1v) is 11.6. The van der Waals surface area contributed by atoms with Crippen LogP contribution >= 0.6 is 0 Å². The monoisotopic (exact) mass is 416 g/mol. The van der Waals surface area contributed by atoms with Gasteiger partial charge in [0.25, 0.3) is 0 Å². The van der Waals surface area contributed by atoms with Crippen molar-refractivity contribution in [2.45, 2.75) is 58.8 Å². The molecule has 0 atom stereocenters. The van der Waals surface area contributed by atoms with Crippen LogP contribution in [0.5, 0.6) is 5.75 Å². The second-order valence-corrected chi connectivity index (χ2v) is 11.3. The van der Waals surface area contributed by atoms with Crippen molar-refractivity contribution in [3.05, 3.63) is 53.1 Å². The van der Waals surface area contributed by atoms with Crippen LogP contribution in [0, 0.1) is 19.8 Å². The lowest BCUT2D eigenvalue weighted by Gasteiger charge is -2.20. The van der Waals surface area contributed by atoms with Gasteiger partial charge in [-0.05, 0) is 82.7 Å². The molecule has 29 heavy (non-hydrogen) atoms. The first-order chi connectivity index (χ1) is 13.6. The Morgan fingerprint density at radius 1 is 1.03 bits per heavy atom. The van der Waals surface area contributed by atoms with Gasteiger partial charge in [-0.15, -0.1) is 0 Å². The summed E-state index contributed by atoms with van der Waals surface area (Å²) in [5, 5.41) is 3.47. The van der Waals surface area contributed by atoms with E-state index in [1.165, 1.54) is 12.8 Å². The number of anilines is 2. The molecular weight excluding hydrogens is 384 g/mol. The summed E-state index contributed by atoms with van der Waals surface area (Å²) in [5.41, 5.74) is 4.98. The Bertz CT molecular complexity index is 957. The van der Waals surface area contributed by atoms with E-state index in [9.17, 15) is 8.42 Å². The molecule has 1 aliphatic rings. The van der Waals surface area contributed by atoms with Crippen LogP contribution in [0.4, 0.5) is 11.4 Å². The van der Waals surface area contributed by atoms with Crippen LogP contribution in [-0.4, -0.2) is 19.8 Å². The first kappa shape index (κ1) is 21.5. The molecule has 0 saturated heterocycles. The highest BCUT2D eigenvalue weighted by molar-refractivity contribution is 7.94. The number of hydrogen-bond donors (Lipinski definition) is 2. The molecule has 2 N–H and O–H groups in total. The first-order valence-electron chi connectivity index (χ1n) is 10.1. The van der Waals surface area contributed by atoms with E-state index in [0.717, 1.165) is 40.7 Å². The van der Waals surface area contributed by atoms with Gasteiger partial charge < -0.3 is 10.1 Å². The van der Waals surface area contributed by atoms with Gasteiger partial charge in [-0.3, -0.25) is 4.72 Å². The van der Waals surface area contributed by atoms with E-state index >= 15 is 0 Å². The fourth-order valence-corrected chi connectivity index (χ4v) is 3.68. The third-order valence-corrected chi connectivity index (χ3v) is 7.38. The van der Waals surface area contributed by atoms with Gasteiger partial charge in [0.05, 0.1) is 11.4 Å². The molecule has 1 fully saturated rings. The molecule has 0 aromatic heterocycles. The van der Waals surface area contributed by atoms with Gasteiger partial charge in [0, 0.05) is 23.5 Å². The molecule has 2 aromatic rings. The summed E-state index contributed by atoms with van der Waals surface area (Å²) >= 11 is 0. The van der Waals surface area contributed by atoms with Crippen molar-refractivity contribution in [2.24, 2.45) is 5.92 Å². The van der Waals surface area contributed by atoms with E-state index in [4.69, 9.17) is 4.74 Å². The summed E-state index contributed by atoms with van der Waals surface area (Å²) in [4.78, 5) is 0. The molecule has 6 heteroatoms. The minimum Gasteiger partial charge on any atom is -0.493 e. The van der Waals surface area contributed by atoms with E-state index < -0.39 is 14.8 Å². The van der Waals surface area contributed by atoms with Crippen LogP contribution in [0.1, 0.15) is 50.3 Å². The van der Waals surface area contributed by atoms with Crippen molar-refractivity contribution < 1.29 is 13.2 Å². The van der Waals surface area contributed by atoms with Crippen molar-refractivity contribution >= 4 is 21.4 Å². The fraction of sp³-hybridized carbons (Fsp3) is 0.478. The van der Waals surface area contributed by atoms with Crippen molar-refractivity contribution in [1.29, 1.82) is 0 Å². The van der Waals surface area contributed by atoms with Crippen LogP contribution in [-0.2, 0) is 16.6 Å². The second kappa shape index (κ2) is 8.27. The van der Waals surface area contributed by atoms with Gasteiger partial charge in [0.15, 0.2) is 0 Å². The SMILES string of the molecule is Cc1ccc(NCc2ccc(NS(=O)(=O)C(C)(C)C)cc2)c(C)c1OCC1CC1. The van der Waals surface area contributed by atoms with E-state index in [1.807, 2.05) is 12.1 Å². The predicted octanol–water partition coefficient (Wildman–Crippen LogP) is 5.24. The highest BCUT2D eigenvalue weighted by atomic mass is 32.2. The van der Waals surface area contributed by atoms with Gasteiger partial charge in [0.2, 0.25) is 10.0 Å². The highest BCUT2D eigenvalue weighted by Gasteiger charge is 2.28. The normalized spacial score (nSPS) is 14.5. The molecule has 0 amide bonds. The summed E-state index contributed by atoms with van der Waals surface area (Å²) in [6, 6.07) is 11.6. The van der Waals surface area contributed by atoms with E-state index in [2.05, 4.69) is 36.0 Å². The largest absolute Gasteiger partial charge is 0.493 e. The molecule has 5 nitrogen and oxygen atoms in total. The van der Waals surface area contributed by atoms with Gasteiger partial charge in [-0.2, -0.15) is 0 Å². The third-order valence-electron chi connectivity index (χ3n) is 5.26. The van der Waals surface area contributed by atoms with Gasteiger partial charge >= 0.3 is 0 Å². The zero-order chi connectivity index (χ0) is 21.2. The Morgan fingerprint density at radius 2 is 1.69 bits per heavy atom. The number of ether oxygens (including phenoxy) is 1. The minimum absolute atomic E-state index is 0.575. The van der Waals surface area contributed by atoms with E-state index in [-0.39, 0.29) is 0 Å². The number of rotatable bonds is 8. The third kappa shape index (κ3) is 5.44. The topological polar surface area (TPSA) is 67.4 Å². The average molecular weight is 417 g/mol. The lowest BCUT2D eigenvalue weighted by atomic mass is 10.1. The lowest BCUT2D eigenvalue weighted by Crippen LogP contribution is -2.33. The van der Waals surface area contributed by atoms with Crippen molar-refractivity contribution in [3.63, 3.8) is 0 Å². The Kier molecular flexibility index (Phi) is 6.13. The zero-order valence-corrected chi connectivity index (χ0v) is 18.8. The maximum absolute atomic E-state index is 12.3. The summed E-state index contributed by atoms with van der Waals surface area (Å²) in [7, 11) is -3.42. The van der Waals surface area contributed by atoms with Crippen LogP contribution in [0.15, 0.2) is 36.4 Å². The molecule has 3 rings (SSSR count). The number of aryl methyl sites for hydroxylation is 1. The molecule has 0 heterocycles. The summed E-state index contributed by atoms with van der Waals surface area (Å²) < 4.78 is 32.4. The molecular formula is C23H32N2O3S. The highest BCUT2D eigenvalue weighted by Crippen LogP contribution is 2.34. The molecule has 158 valence electrons. The maximum atomic E-state index is 12.3. The Morgan fingerprint density at radius 3 is 2.28 bits per heavy atom. The quantitative estimate of drug-likeness (QED) is 0.617. The molecule has 1 saturated carbocycles. The van der Waals surface area contributed by atoms with Gasteiger partial charge in [-0.25, -0.2) is 8.42 Å².